The Kier molecular flexibility index (Phi) is 2.99. The molecular formula is C6H13NO5. The van der Waals surface area contributed by atoms with E-state index in [4.69, 9.17) is 25.8 Å². The van der Waals surface area contributed by atoms with Crippen molar-refractivity contribution in [2.24, 2.45) is 5.73 Å². The highest BCUT2D eigenvalue weighted by Crippen LogP contribution is 2.17. The smallest absolute Gasteiger partial charge is 0.135 e. The molecule has 6 heteroatoms. The number of rotatable bonds is 1. The Balaban J connectivity index is 2.63. The number of aliphatic hydroxyl groups excluding tert-OH is 4. The number of hydrogen-bond donors (Lipinski definition) is 5. The number of hydrogen-bond acceptors (Lipinski definition) is 6. The Bertz CT molecular complexity index is 150. The SMILES string of the molecule is N[C@@H]1O[C@H](CO)[C@H](O)[C@H](O)[C@@H]1O. The Morgan fingerprint density at radius 1 is 1.08 bits per heavy atom. The van der Waals surface area contributed by atoms with Crippen LogP contribution < -0.4 is 5.73 Å². The monoisotopic (exact) mass is 179 g/mol. The second-order valence-electron chi connectivity index (χ2n) is 2.79. The van der Waals surface area contributed by atoms with E-state index in [2.05, 4.69) is 0 Å². The maximum atomic E-state index is 9.18. The first-order chi connectivity index (χ1) is 5.57. The minimum absolute atomic E-state index is 0.446. The van der Waals surface area contributed by atoms with E-state index in [1.807, 2.05) is 0 Å². The summed E-state index contributed by atoms with van der Waals surface area (Å²) in [7, 11) is 0. The van der Waals surface area contributed by atoms with Gasteiger partial charge in [0.25, 0.3) is 0 Å². The molecule has 0 unspecified atom stereocenters. The van der Waals surface area contributed by atoms with Gasteiger partial charge in [-0.05, 0) is 0 Å². The highest BCUT2D eigenvalue weighted by molar-refractivity contribution is 4.89. The van der Waals surface area contributed by atoms with Gasteiger partial charge in [0.05, 0.1) is 6.61 Å². The average molecular weight is 179 g/mol. The van der Waals surface area contributed by atoms with Gasteiger partial charge in [0.15, 0.2) is 0 Å². The van der Waals surface area contributed by atoms with Crippen molar-refractivity contribution in [1.29, 1.82) is 0 Å². The first kappa shape index (κ1) is 9.85. The fraction of sp³-hybridized carbons (Fsp3) is 1.00. The van der Waals surface area contributed by atoms with Crippen LogP contribution >= 0.6 is 0 Å². The Hall–Kier alpha value is -0.240. The summed E-state index contributed by atoms with van der Waals surface area (Å²) < 4.78 is 4.80. The highest BCUT2D eigenvalue weighted by atomic mass is 16.6. The molecule has 1 fully saturated rings. The normalized spacial score (nSPS) is 49.2. The third-order valence-electron chi connectivity index (χ3n) is 1.93. The van der Waals surface area contributed by atoms with E-state index in [1.165, 1.54) is 0 Å². The van der Waals surface area contributed by atoms with E-state index in [1.54, 1.807) is 0 Å². The second kappa shape index (κ2) is 3.65. The van der Waals surface area contributed by atoms with Gasteiger partial charge in [0, 0.05) is 0 Å². The molecule has 0 saturated carbocycles. The van der Waals surface area contributed by atoms with Crippen LogP contribution in [-0.2, 0) is 4.74 Å². The van der Waals surface area contributed by atoms with Crippen LogP contribution in [0.25, 0.3) is 0 Å². The predicted octanol–water partition coefficient (Wildman–Crippen LogP) is -3.25. The van der Waals surface area contributed by atoms with Crippen LogP contribution in [0.5, 0.6) is 0 Å². The maximum absolute atomic E-state index is 9.18. The van der Waals surface area contributed by atoms with E-state index >= 15 is 0 Å². The van der Waals surface area contributed by atoms with E-state index in [0.29, 0.717) is 0 Å². The van der Waals surface area contributed by atoms with Gasteiger partial charge in [0.1, 0.15) is 30.6 Å². The maximum Gasteiger partial charge on any atom is 0.135 e. The van der Waals surface area contributed by atoms with E-state index in [-0.39, 0.29) is 0 Å². The summed E-state index contributed by atoms with van der Waals surface area (Å²) >= 11 is 0. The van der Waals surface area contributed by atoms with Crippen molar-refractivity contribution in [3.63, 3.8) is 0 Å². The quantitative estimate of drug-likeness (QED) is 0.288. The average Bonchev–Trinajstić information content (AvgIpc) is 2.08. The van der Waals surface area contributed by atoms with Crippen LogP contribution in [0.15, 0.2) is 0 Å². The third-order valence-corrected chi connectivity index (χ3v) is 1.93. The summed E-state index contributed by atoms with van der Waals surface area (Å²) in [6.45, 7) is -0.446. The first-order valence-corrected chi connectivity index (χ1v) is 3.64. The van der Waals surface area contributed by atoms with Crippen LogP contribution in [0.4, 0.5) is 0 Å². The lowest BCUT2D eigenvalue weighted by Gasteiger charge is -2.38. The molecule has 12 heavy (non-hydrogen) atoms. The molecule has 1 rings (SSSR count). The molecule has 0 amide bonds. The van der Waals surface area contributed by atoms with Gasteiger partial charge in [-0.2, -0.15) is 0 Å². The van der Waals surface area contributed by atoms with Crippen molar-refractivity contribution < 1.29 is 25.2 Å². The Morgan fingerprint density at radius 3 is 2.17 bits per heavy atom. The van der Waals surface area contributed by atoms with Crippen molar-refractivity contribution in [3.05, 3.63) is 0 Å². The lowest BCUT2D eigenvalue weighted by atomic mass is 9.99. The molecular weight excluding hydrogens is 166 g/mol. The molecule has 1 heterocycles. The van der Waals surface area contributed by atoms with Gasteiger partial charge >= 0.3 is 0 Å². The van der Waals surface area contributed by atoms with Crippen LogP contribution in [0, 0.1) is 0 Å². The van der Waals surface area contributed by atoms with E-state index in [9.17, 15) is 5.11 Å². The summed E-state index contributed by atoms with van der Waals surface area (Å²) in [5, 5.41) is 36.1. The summed E-state index contributed by atoms with van der Waals surface area (Å²) in [4.78, 5) is 0. The molecule has 0 aromatic rings. The molecule has 0 aromatic carbocycles. The summed E-state index contributed by atoms with van der Waals surface area (Å²) in [5.41, 5.74) is 5.24. The minimum atomic E-state index is -1.37. The second-order valence-corrected chi connectivity index (χ2v) is 2.79. The van der Waals surface area contributed by atoms with Crippen molar-refractivity contribution in [1.82, 2.24) is 0 Å². The van der Waals surface area contributed by atoms with Crippen LogP contribution in [0.1, 0.15) is 0 Å². The highest BCUT2D eigenvalue weighted by Gasteiger charge is 2.41. The summed E-state index contributed by atoms with van der Waals surface area (Å²) in [5.74, 6) is 0. The molecule has 6 nitrogen and oxygen atoms in total. The summed E-state index contributed by atoms with van der Waals surface area (Å²) in [6, 6.07) is 0. The van der Waals surface area contributed by atoms with Gasteiger partial charge in [0.2, 0.25) is 0 Å². The fourth-order valence-electron chi connectivity index (χ4n) is 1.13. The van der Waals surface area contributed by atoms with Crippen molar-refractivity contribution in [2.75, 3.05) is 6.61 Å². The van der Waals surface area contributed by atoms with Gasteiger partial charge in [-0.15, -0.1) is 0 Å². The van der Waals surface area contributed by atoms with Crippen LogP contribution in [0.2, 0.25) is 0 Å². The molecule has 1 aliphatic heterocycles. The van der Waals surface area contributed by atoms with Gasteiger partial charge in [-0.3, -0.25) is 0 Å². The van der Waals surface area contributed by atoms with Gasteiger partial charge in [-0.25, -0.2) is 0 Å². The van der Waals surface area contributed by atoms with Crippen molar-refractivity contribution in [3.8, 4) is 0 Å². The predicted molar refractivity (Wildman–Crippen MR) is 38.0 cm³/mol. The minimum Gasteiger partial charge on any atom is -0.394 e. The zero-order valence-corrected chi connectivity index (χ0v) is 6.37. The Labute approximate surface area is 69.2 Å². The van der Waals surface area contributed by atoms with Crippen LogP contribution in [0.3, 0.4) is 0 Å². The van der Waals surface area contributed by atoms with Gasteiger partial charge in [-0.1, -0.05) is 0 Å². The molecule has 72 valence electrons. The topological polar surface area (TPSA) is 116 Å². The van der Waals surface area contributed by atoms with E-state index in [0.717, 1.165) is 0 Å². The number of nitrogens with two attached hydrogens (primary N) is 1. The first-order valence-electron chi connectivity index (χ1n) is 3.64. The molecule has 0 aliphatic carbocycles. The number of ether oxygens (including phenoxy) is 1. The molecule has 0 bridgehead atoms. The van der Waals surface area contributed by atoms with E-state index < -0.39 is 37.3 Å². The number of aliphatic hydroxyl groups is 4. The molecule has 6 N–H and O–H groups in total. The van der Waals surface area contributed by atoms with Gasteiger partial charge < -0.3 is 30.9 Å². The molecule has 1 aliphatic rings. The lowest BCUT2D eigenvalue weighted by Crippen LogP contribution is -2.61. The van der Waals surface area contributed by atoms with Crippen LogP contribution in [-0.4, -0.2) is 57.7 Å². The summed E-state index contributed by atoms with van der Waals surface area (Å²) in [6.07, 6.45) is -5.99. The Morgan fingerprint density at radius 2 is 1.67 bits per heavy atom. The molecule has 0 aromatic heterocycles. The standard InChI is InChI=1S/C6H13NO5/c7-6-5(11)4(10)3(9)2(1-8)12-6/h2-6,8-11H,1,7H2/t2-,3+,4+,5+,6-/m1/s1. The fourth-order valence-corrected chi connectivity index (χ4v) is 1.13. The molecule has 1 saturated heterocycles. The lowest BCUT2D eigenvalue weighted by molar-refractivity contribution is -0.227. The van der Waals surface area contributed by atoms with Crippen molar-refractivity contribution in [2.45, 2.75) is 30.6 Å². The zero-order valence-electron chi connectivity index (χ0n) is 6.37. The molecule has 0 spiro atoms. The third kappa shape index (κ3) is 1.58. The molecule has 5 atom stereocenters. The largest absolute Gasteiger partial charge is 0.394 e. The molecule has 0 radical (unpaired) electrons. The zero-order chi connectivity index (χ0) is 9.30. The van der Waals surface area contributed by atoms with Crippen molar-refractivity contribution >= 4 is 0 Å².